The minimum Gasteiger partial charge on any atom is -0.478 e. The first-order chi connectivity index (χ1) is 18.3. The number of carboxylic acids is 1. The van der Waals surface area contributed by atoms with Gasteiger partial charge in [-0.25, -0.2) is 9.18 Å². The third-order valence-corrected chi connectivity index (χ3v) is 6.83. The molecule has 0 spiro atoms. The van der Waals surface area contributed by atoms with E-state index in [9.17, 15) is 23.9 Å². The number of rotatable bonds is 4. The van der Waals surface area contributed by atoms with Gasteiger partial charge in [0.05, 0.1) is 33.9 Å². The van der Waals surface area contributed by atoms with Crippen LogP contribution >= 0.6 is 11.6 Å². The Morgan fingerprint density at radius 3 is 2.58 bits per heavy atom. The minimum absolute atomic E-state index is 0.0346. The van der Waals surface area contributed by atoms with Crippen LogP contribution in [0.2, 0.25) is 5.02 Å². The average Bonchev–Trinajstić information content (AvgIpc) is 3.39. The van der Waals surface area contributed by atoms with Crippen molar-refractivity contribution in [1.82, 2.24) is 0 Å². The van der Waals surface area contributed by atoms with Crippen LogP contribution in [0.15, 0.2) is 86.6 Å². The van der Waals surface area contributed by atoms with E-state index in [1.54, 1.807) is 18.2 Å². The highest BCUT2D eigenvalue weighted by Gasteiger charge is 2.34. The van der Waals surface area contributed by atoms with E-state index in [0.29, 0.717) is 22.6 Å². The molecule has 0 saturated carbocycles. The summed E-state index contributed by atoms with van der Waals surface area (Å²) in [6.07, 6.45) is 1.10. The maximum Gasteiger partial charge on any atom is 0.335 e. The van der Waals surface area contributed by atoms with Crippen molar-refractivity contribution in [2.45, 2.75) is 12.3 Å². The van der Waals surface area contributed by atoms with Crippen LogP contribution in [0, 0.1) is 5.82 Å². The molecule has 38 heavy (non-hydrogen) atoms. The highest BCUT2D eigenvalue weighted by atomic mass is 35.5. The summed E-state index contributed by atoms with van der Waals surface area (Å²) < 4.78 is 31.8. The fourth-order valence-electron chi connectivity index (χ4n) is 4.70. The van der Waals surface area contributed by atoms with Gasteiger partial charge < -0.3 is 18.7 Å². The monoisotopic (exact) mass is 530 g/mol. The number of hydrogen-bond donors (Lipinski definition) is 1. The highest BCUT2D eigenvalue weighted by Crippen LogP contribution is 2.44. The molecule has 1 aliphatic heterocycles. The molecular formula is C29H16ClFO7. The number of carbonyl (C=O) groups is 2. The summed E-state index contributed by atoms with van der Waals surface area (Å²) in [4.78, 5) is 37.2. The first-order valence-corrected chi connectivity index (χ1v) is 11.9. The number of carbonyl (C=O) groups excluding carboxylic acids is 1. The van der Waals surface area contributed by atoms with Crippen LogP contribution in [0.1, 0.15) is 34.0 Å². The molecule has 0 fully saturated rings. The highest BCUT2D eigenvalue weighted by molar-refractivity contribution is 6.33. The Morgan fingerprint density at radius 2 is 1.79 bits per heavy atom. The predicted octanol–water partition coefficient (Wildman–Crippen LogP) is 6.65. The molecule has 7 nitrogen and oxygen atoms in total. The normalized spacial score (nSPS) is 14.8. The van der Waals surface area contributed by atoms with E-state index in [4.69, 9.17) is 25.2 Å². The van der Waals surface area contributed by atoms with Crippen molar-refractivity contribution in [3.05, 3.63) is 111 Å². The van der Waals surface area contributed by atoms with Gasteiger partial charge in [-0.2, -0.15) is 0 Å². The fourth-order valence-corrected chi connectivity index (χ4v) is 4.91. The fraction of sp³-hybridized carbons (Fsp3) is 0.0690. The SMILES string of the molecule is O=C1C[C@@H](c2ccc(-c3cc(C(=O)O)ccc3Cl)o2)c2c(ccc3c(=O)c(-c4ccccc4F)coc23)O1. The number of furan rings is 1. The Balaban J connectivity index is 1.49. The Kier molecular flexibility index (Phi) is 5.61. The second kappa shape index (κ2) is 9.00. The van der Waals surface area contributed by atoms with Crippen molar-refractivity contribution in [3.63, 3.8) is 0 Å². The summed E-state index contributed by atoms with van der Waals surface area (Å²) in [7, 11) is 0. The van der Waals surface area contributed by atoms with Crippen molar-refractivity contribution in [2.75, 3.05) is 0 Å². The van der Waals surface area contributed by atoms with Gasteiger partial charge in [-0.1, -0.05) is 29.8 Å². The third-order valence-electron chi connectivity index (χ3n) is 6.50. The largest absolute Gasteiger partial charge is 0.478 e. The Hall–Kier alpha value is -4.69. The van der Waals surface area contributed by atoms with Gasteiger partial charge in [0.25, 0.3) is 0 Å². The number of benzene rings is 3. The van der Waals surface area contributed by atoms with Gasteiger partial charge in [-0.15, -0.1) is 0 Å². The maximum atomic E-state index is 14.4. The Labute approximate surface area is 218 Å². The standard InChI is InChI=1S/C29H16ClFO7/c30-20-7-5-14(29(34)35)11-17(20)22-9-10-23(37-22)18-12-25(32)38-24-8-6-16-27(33)19(13-36-28(16)26(18)24)15-3-1-2-4-21(15)31/h1-11,13,18H,12H2,(H,34,35)/t18-/m0/s1. The van der Waals surface area contributed by atoms with Gasteiger partial charge >= 0.3 is 11.9 Å². The average molecular weight is 531 g/mol. The Morgan fingerprint density at radius 1 is 0.974 bits per heavy atom. The summed E-state index contributed by atoms with van der Waals surface area (Å²) in [5.74, 6) is -1.97. The molecule has 0 unspecified atom stereocenters. The van der Waals surface area contributed by atoms with Crippen LogP contribution in [-0.2, 0) is 4.79 Å². The van der Waals surface area contributed by atoms with Crippen LogP contribution in [0.4, 0.5) is 4.39 Å². The second-order valence-corrected chi connectivity index (χ2v) is 9.15. The van der Waals surface area contributed by atoms with Crippen molar-refractivity contribution in [3.8, 4) is 28.2 Å². The number of esters is 1. The summed E-state index contributed by atoms with van der Waals surface area (Å²) in [6.45, 7) is 0. The number of hydrogen-bond acceptors (Lipinski definition) is 6. The van der Waals surface area contributed by atoms with Crippen LogP contribution in [0.5, 0.6) is 5.75 Å². The lowest BCUT2D eigenvalue weighted by atomic mass is 9.88. The van der Waals surface area contributed by atoms with E-state index in [1.165, 1.54) is 54.8 Å². The zero-order valence-electron chi connectivity index (χ0n) is 19.4. The molecule has 9 heteroatoms. The molecule has 5 aromatic rings. The molecule has 2 aromatic heterocycles. The molecule has 0 bridgehead atoms. The molecule has 0 aliphatic carbocycles. The van der Waals surface area contributed by atoms with Gasteiger partial charge in [0.2, 0.25) is 5.43 Å². The van der Waals surface area contributed by atoms with E-state index < -0.39 is 29.1 Å². The maximum absolute atomic E-state index is 14.4. The third kappa shape index (κ3) is 3.86. The van der Waals surface area contributed by atoms with E-state index in [-0.39, 0.29) is 44.9 Å². The number of halogens is 2. The molecule has 6 rings (SSSR count). The summed E-state index contributed by atoms with van der Waals surface area (Å²) in [5, 5.41) is 9.82. The number of ether oxygens (including phenoxy) is 1. The lowest BCUT2D eigenvalue weighted by Gasteiger charge is -2.23. The molecule has 1 aliphatic rings. The van der Waals surface area contributed by atoms with Crippen molar-refractivity contribution in [2.24, 2.45) is 0 Å². The van der Waals surface area contributed by atoms with Crippen LogP contribution < -0.4 is 10.2 Å². The molecule has 1 N–H and O–H groups in total. The quantitative estimate of drug-likeness (QED) is 0.205. The van der Waals surface area contributed by atoms with Gasteiger partial charge in [-0.3, -0.25) is 9.59 Å². The van der Waals surface area contributed by atoms with E-state index in [0.717, 1.165) is 0 Å². The van der Waals surface area contributed by atoms with Crippen molar-refractivity contribution in [1.29, 1.82) is 0 Å². The van der Waals surface area contributed by atoms with E-state index in [2.05, 4.69) is 0 Å². The van der Waals surface area contributed by atoms with Gasteiger partial charge in [-0.05, 0) is 48.5 Å². The molecule has 3 heterocycles. The van der Waals surface area contributed by atoms with E-state index >= 15 is 0 Å². The van der Waals surface area contributed by atoms with Crippen molar-refractivity contribution >= 4 is 34.5 Å². The summed E-state index contributed by atoms with van der Waals surface area (Å²) in [6, 6.07) is 16.4. The van der Waals surface area contributed by atoms with E-state index in [1.807, 2.05) is 0 Å². The lowest BCUT2D eigenvalue weighted by molar-refractivity contribution is -0.135. The van der Waals surface area contributed by atoms with Crippen LogP contribution in [0.25, 0.3) is 33.4 Å². The molecule has 0 radical (unpaired) electrons. The van der Waals surface area contributed by atoms with Crippen LogP contribution in [0.3, 0.4) is 0 Å². The van der Waals surface area contributed by atoms with Crippen LogP contribution in [-0.4, -0.2) is 17.0 Å². The van der Waals surface area contributed by atoms with Gasteiger partial charge in [0.1, 0.15) is 34.9 Å². The number of fused-ring (bicyclic) bond motifs is 3. The Bertz CT molecular complexity index is 1840. The predicted molar refractivity (Wildman–Crippen MR) is 136 cm³/mol. The van der Waals surface area contributed by atoms with Crippen molar-refractivity contribution < 1.29 is 32.7 Å². The minimum atomic E-state index is -1.12. The summed E-state index contributed by atoms with van der Waals surface area (Å²) in [5.41, 5.74) is 0.766. The first kappa shape index (κ1) is 23.7. The lowest BCUT2D eigenvalue weighted by Crippen LogP contribution is -2.21. The van der Waals surface area contributed by atoms with Gasteiger partial charge in [0.15, 0.2) is 0 Å². The zero-order valence-corrected chi connectivity index (χ0v) is 20.1. The molecule has 188 valence electrons. The summed E-state index contributed by atoms with van der Waals surface area (Å²) >= 11 is 6.30. The first-order valence-electron chi connectivity index (χ1n) is 11.5. The molecule has 0 saturated heterocycles. The zero-order chi connectivity index (χ0) is 26.6. The second-order valence-electron chi connectivity index (χ2n) is 8.74. The number of carboxylic acid groups (broad SMARTS) is 1. The topological polar surface area (TPSA) is 107 Å². The smallest absolute Gasteiger partial charge is 0.335 e. The van der Waals surface area contributed by atoms with Gasteiger partial charge in [0, 0.05) is 16.7 Å². The molecule has 3 aromatic carbocycles. The molecular weight excluding hydrogens is 515 g/mol. The number of aromatic carboxylic acids is 1. The molecule has 0 amide bonds. The molecule has 1 atom stereocenters.